The number of azo groups is 1. The molecule has 0 saturated heterocycles. The molecule has 0 aliphatic carbocycles. The summed E-state index contributed by atoms with van der Waals surface area (Å²) in [5.41, 5.74) is 2.89. The Labute approximate surface area is 96.6 Å². The largest absolute Gasteiger partial charge is 0.465 e. The third-order valence-corrected chi connectivity index (χ3v) is 2.64. The number of rotatable bonds is 0. The van der Waals surface area contributed by atoms with Crippen LogP contribution in [0.1, 0.15) is 11.3 Å². The lowest BCUT2D eigenvalue weighted by molar-refractivity contribution is 0.161. The second-order valence-corrected chi connectivity index (χ2v) is 3.69. The molecule has 0 bridgehead atoms. The highest BCUT2D eigenvalue weighted by atomic mass is 16.4. The van der Waals surface area contributed by atoms with Crippen molar-refractivity contribution in [2.75, 3.05) is 0 Å². The SMILES string of the molecule is O=C(O)N1C=C2N=NC=C2c2ncccc2C1. The zero-order valence-electron chi connectivity index (χ0n) is 8.74. The fourth-order valence-corrected chi connectivity index (χ4v) is 1.85. The number of nitrogens with zero attached hydrogens (tertiary/aromatic N) is 4. The Balaban J connectivity index is 2.18. The van der Waals surface area contributed by atoms with Gasteiger partial charge >= 0.3 is 6.09 Å². The first kappa shape index (κ1) is 9.71. The van der Waals surface area contributed by atoms with Crippen LogP contribution in [0.25, 0.3) is 5.57 Å². The molecule has 17 heavy (non-hydrogen) atoms. The molecule has 2 aliphatic heterocycles. The molecule has 1 aromatic rings. The smallest absolute Gasteiger partial charge is 0.411 e. The normalized spacial score (nSPS) is 16.8. The highest BCUT2D eigenvalue weighted by Gasteiger charge is 2.24. The predicted octanol–water partition coefficient (Wildman–Crippen LogP) is 2.22. The molecular weight excluding hydrogens is 220 g/mol. The zero-order chi connectivity index (χ0) is 11.8. The molecule has 1 N–H and O–H groups in total. The third kappa shape index (κ3) is 1.50. The predicted molar refractivity (Wildman–Crippen MR) is 58.7 cm³/mol. The number of carboxylic acid groups (broad SMARTS) is 1. The molecule has 2 aliphatic rings. The summed E-state index contributed by atoms with van der Waals surface area (Å²) in [7, 11) is 0. The van der Waals surface area contributed by atoms with Gasteiger partial charge in [0, 0.05) is 18.0 Å². The number of carbonyl (C=O) groups is 1. The summed E-state index contributed by atoms with van der Waals surface area (Å²) < 4.78 is 0. The van der Waals surface area contributed by atoms with Crippen LogP contribution in [0.15, 0.2) is 46.7 Å². The molecule has 0 atom stereocenters. The van der Waals surface area contributed by atoms with Gasteiger partial charge in [0.25, 0.3) is 0 Å². The van der Waals surface area contributed by atoms with Crippen LogP contribution in [0.2, 0.25) is 0 Å². The van der Waals surface area contributed by atoms with E-state index in [1.807, 2.05) is 6.07 Å². The summed E-state index contributed by atoms with van der Waals surface area (Å²) in [4.78, 5) is 16.5. The van der Waals surface area contributed by atoms with E-state index >= 15 is 0 Å². The van der Waals surface area contributed by atoms with Crippen molar-refractivity contribution < 1.29 is 9.90 Å². The van der Waals surface area contributed by atoms with Gasteiger partial charge in [-0.1, -0.05) is 6.07 Å². The molecule has 6 nitrogen and oxygen atoms in total. The van der Waals surface area contributed by atoms with Gasteiger partial charge in [-0.25, -0.2) is 4.79 Å². The third-order valence-electron chi connectivity index (χ3n) is 2.64. The summed E-state index contributed by atoms with van der Waals surface area (Å²) in [6.07, 6.45) is 3.73. The van der Waals surface area contributed by atoms with Crippen molar-refractivity contribution in [2.24, 2.45) is 10.2 Å². The van der Waals surface area contributed by atoms with Crippen molar-refractivity contribution in [3.8, 4) is 0 Å². The lowest BCUT2D eigenvalue weighted by Gasteiger charge is -2.12. The Morgan fingerprint density at radius 3 is 3.18 bits per heavy atom. The topological polar surface area (TPSA) is 78.1 Å². The van der Waals surface area contributed by atoms with Gasteiger partial charge in [-0.2, -0.15) is 5.11 Å². The van der Waals surface area contributed by atoms with E-state index in [4.69, 9.17) is 5.11 Å². The van der Waals surface area contributed by atoms with Gasteiger partial charge in [0.15, 0.2) is 0 Å². The van der Waals surface area contributed by atoms with E-state index in [2.05, 4.69) is 15.2 Å². The zero-order valence-corrected chi connectivity index (χ0v) is 8.74. The average Bonchev–Trinajstić information content (AvgIpc) is 2.71. The Morgan fingerprint density at radius 2 is 2.35 bits per heavy atom. The molecule has 0 spiro atoms. The number of hydrogen-bond donors (Lipinski definition) is 1. The van der Waals surface area contributed by atoms with Crippen LogP contribution in [0.5, 0.6) is 0 Å². The summed E-state index contributed by atoms with van der Waals surface area (Å²) in [6.45, 7) is 0.273. The molecule has 0 saturated carbocycles. The first-order chi connectivity index (χ1) is 8.25. The number of hydrogen-bond acceptors (Lipinski definition) is 4. The molecule has 84 valence electrons. The van der Waals surface area contributed by atoms with Crippen LogP contribution in [0, 0.1) is 0 Å². The Hall–Kier alpha value is -2.50. The fourth-order valence-electron chi connectivity index (χ4n) is 1.85. The van der Waals surface area contributed by atoms with Gasteiger partial charge in [0.2, 0.25) is 0 Å². The maximum absolute atomic E-state index is 11.1. The molecule has 0 aromatic carbocycles. The summed E-state index contributed by atoms with van der Waals surface area (Å²) in [6, 6.07) is 3.64. The molecule has 0 fully saturated rings. The average molecular weight is 228 g/mol. The highest BCUT2D eigenvalue weighted by Crippen LogP contribution is 2.33. The van der Waals surface area contributed by atoms with E-state index in [1.54, 1.807) is 18.5 Å². The second-order valence-electron chi connectivity index (χ2n) is 3.69. The Morgan fingerprint density at radius 1 is 1.47 bits per heavy atom. The van der Waals surface area contributed by atoms with E-state index in [9.17, 15) is 4.79 Å². The minimum absolute atomic E-state index is 0.273. The Kier molecular flexibility index (Phi) is 2.01. The molecule has 0 unspecified atom stereocenters. The number of aromatic nitrogens is 1. The van der Waals surface area contributed by atoms with Crippen molar-refractivity contribution in [3.63, 3.8) is 0 Å². The number of fused-ring (bicyclic) bond motifs is 3. The van der Waals surface area contributed by atoms with Crippen molar-refractivity contribution >= 4 is 11.7 Å². The standard InChI is InChI=1S/C11H8N4O2/c16-11(17)15-5-7-2-1-3-12-10(7)8-4-13-14-9(8)6-15/h1-4,6H,5H2,(H,16,17). The van der Waals surface area contributed by atoms with E-state index in [0.29, 0.717) is 5.70 Å². The molecule has 3 heterocycles. The molecule has 1 aromatic heterocycles. The van der Waals surface area contributed by atoms with Crippen molar-refractivity contribution in [1.82, 2.24) is 9.88 Å². The van der Waals surface area contributed by atoms with Crippen LogP contribution < -0.4 is 0 Å². The molecule has 6 heteroatoms. The monoisotopic (exact) mass is 228 g/mol. The lowest BCUT2D eigenvalue weighted by atomic mass is 10.1. The lowest BCUT2D eigenvalue weighted by Crippen LogP contribution is -2.22. The summed E-state index contributed by atoms with van der Waals surface area (Å²) in [5, 5.41) is 16.8. The van der Waals surface area contributed by atoms with Gasteiger partial charge < -0.3 is 5.11 Å². The van der Waals surface area contributed by atoms with E-state index in [1.165, 1.54) is 11.1 Å². The van der Waals surface area contributed by atoms with Gasteiger partial charge in [-0.05, 0) is 11.6 Å². The van der Waals surface area contributed by atoms with Gasteiger partial charge in [0.05, 0.1) is 18.4 Å². The van der Waals surface area contributed by atoms with E-state index in [0.717, 1.165) is 16.8 Å². The van der Waals surface area contributed by atoms with Crippen LogP contribution >= 0.6 is 0 Å². The van der Waals surface area contributed by atoms with Crippen molar-refractivity contribution in [2.45, 2.75) is 6.54 Å². The van der Waals surface area contributed by atoms with Gasteiger partial charge in [-0.3, -0.25) is 9.88 Å². The maximum atomic E-state index is 11.1. The quantitative estimate of drug-likeness (QED) is 0.739. The van der Waals surface area contributed by atoms with E-state index < -0.39 is 6.09 Å². The van der Waals surface area contributed by atoms with Crippen molar-refractivity contribution in [1.29, 1.82) is 0 Å². The van der Waals surface area contributed by atoms with Crippen LogP contribution in [0.4, 0.5) is 4.79 Å². The van der Waals surface area contributed by atoms with Gasteiger partial charge in [0.1, 0.15) is 5.70 Å². The van der Waals surface area contributed by atoms with E-state index in [-0.39, 0.29) is 6.54 Å². The fraction of sp³-hybridized carbons (Fsp3) is 0.0909. The number of amides is 1. The van der Waals surface area contributed by atoms with Crippen LogP contribution in [0.3, 0.4) is 0 Å². The summed E-state index contributed by atoms with van der Waals surface area (Å²) >= 11 is 0. The van der Waals surface area contributed by atoms with Gasteiger partial charge in [-0.15, -0.1) is 5.11 Å². The summed E-state index contributed by atoms with van der Waals surface area (Å²) in [5.74, 6) is 0. The number of allylic oxidation sites excluding steroid dienone is 1. The van der Waals surface area contributed by atoms with Crippen LogP contribution in [-0.2, 0) is 6.54 Å². The number of pyridine rings is 1. The second kappa shape index (κ2) is 3.51. The van der Waals surface area contributed by atoms with Crippen molar-refractivity contribution in [3.05, 3.63) is 47.7 Å². The highest BCUT2D eigenvalue weighted by molar-refractivity contribution is 5.81. The first-order valence-corrected chi connectivity index (χ1v) is 5.03. The molecule has 0 radical (unpaired) electrons. The minimum atomic E-state index is -1.02. The molecule has 1 amide bonds. The maximum Gasteiger partial charge on any atom is 0.411 e. The van der Waals surface area contributed by atoms with Crippen LogP contribution in [-0.4, -0.2) is 21.1 Å². The minimum Gasteiger partial charge on any atom is -0.465 e. The molecule has 3 rings (SSSR count). The Bertz CT molecular complexity index is 589. The molecular formula is C11H8N4O2. The first-order valence-electron chi connectivity index (χ1n) is 5.03.